The number of carbonyl (C=O) groups excluding carboxylic acids is 1. The third-order valence-corrected chi connectivity index (χ3v) is 7.48. The lowest BCUT2D eigenvalue weighted by atomic mass is 9.99. The lowest BCUT2D eigenvalue weighted by Gasteiger charge is -2.32. The number of carbonyl (C=O) groups is 1. The monoisotopic (exact) mass is 484 g/mol. The maximum absolute atomic E-state index is 12.9. The van der Waals surface area contributed by atoms with E-state index in [9.17, 15) is 10.1 Å². The van der Waals surface area contributed by atoms with Crippen molar-refractivity contribution in [2.45, 2.75) is 19.4 Å². The zero-order valence-corrected chi connectivity index (χ0v) is 20.8. The van der Waals surface area contributed by atoms with Crippen molar-refractivity contribution in [3.63, 3.8) is 0 Å². The van der Waals surface area contributed by atoms with Crippen molar-refractivity contribution < 1.29 is 4.79 Å². The van der Waals surface area contributed by atoms with Crippen molar-refractivity contribution in [2.24, 2.45) is 0 Å². The molecular weight excluding hydrogens is 456 g/mol. The molecule has 2 heterocycles. The number of fused-ring (bicyclic) bond motifs is 1. The molecule has 3 aromatic rings. The van der Waals surface area contributed by atoms with Gasteiger partial charge >= 0.3 is 0 Å². The Labute approximate surface area is 212 Å². The number of piperazine rings is 1. The van der Waals surface area contributed by atoms with Crippen molar-refractivity contribution in [3.05, 3.63) is 87.9 Å². The van der Waals surface area contributed by atoms with Gasteiger partial charge in [0.25, 0.3) is 0 Å². The summed E-state index contributed by atoms with van der Waals surface area (Å²) in [6.07, 6.45) is 1.32. The van der Waals surface area contributed by atoms with E-state index in [1.807, 2.05) is 59.5 Å². The van der Waals surface area contributed by atoms with Crippen molar-refractivity contribution in [1.82, 2.24) is 9.80 Å². The van der Waals surface area contributed by atoms with Gasteiger partial charge in [0.2, 0.25) is 5.91 Å². The highest BCUT2D eigenvalue weighted by Gasteiger charge is 2.28. The highest BCUT2D eigenvalue weighted by Crippen LogP contribution is 2.35. The predicted octanol–water partition coefficient (Wildman–Crippen LogP) is 4.76. The van der Waals surface area contributed by atoms with Gasteiger partial charge in [-0.05, 0) is 53.4 Å². The quantitative estimate of drug-likeness (QED) is 0.506. The van der Waals surface area contributed by atoms with Gasteiger partial charge in [-0.2, -0.15) is 5.26 Å². The van der Waals surface area contributed by atoms with Crippen LogP contribution in [0.25, 0.3) is 11.1 Å². The van der Waals surface area contributed by atoms with Crippen LogP contribution in [0.15, 0.2) is 60.7 Å². The van der Waals surface area contributed by atoms with E-state index in [-0.39, 0.29) is 5.91 Å². The summed E-state index contributed by atoms with van der Waals surface area (Å²) in [6.45, 7) is 5.88. The third kappa shape index (κ3) is 5.11. The topological polar surface area (TPSA) is 50.6 Å². The molecule has 0 bridgehead atoms. The van der Waals surface area contributed by atoms with Crippen LogP contribution in [-0.2, 0) is 24.2 Å². The Kier molecular flexibility index (Phi) is 6.88. The number of benzene rings is 3. The smallest absolute Gasteiger partial charge is 0.231 e. The second-order valence-electron chi connectivity index (χ2n) is 9.48. The molecule has 1 fully saturated rings. The number of rotatable bonds is 6. The molecular formula is C29H29ClN4O. The Morgan fingerprint density at radius 1 is 1.00 bits per heavy atom. The average Bonchev–Trinajstić information content (AvgIpc) is 3.17. The molecule has 0 aliphatic carbocycles. The Morgan fingerprint density at radius 3 is 2.49 bits per heavy atom. The van der Waals surface area contributed by atoms with Crippen LogP contribution in [0, 0.1) is 11.3 Å². The first-order valence-corrected chi connectivity index (χ1v) is 12.5. The van der Waals surface area contributed by atoms with Gasteiger partial charge in [0.05, 0.1) is 24.6 Å². The molecule has 2 aliphatic rings. The molecule has 0 aromatic heterocycles. The maximum atomic E-state index is 12.9. The maximum Gasteiger partial charge on any atom is 0.231 e. The SMILES string of the molecule is CN1CCN(CCc2cc3c(cc2Cl)N(Cc2ccc(-c4ccccc4C#N)cc2)C(=O)C3)CC1. The number of nitriles is 1. The van der Waals surface area contributed by atoms with E-state index >= 15 is 0 Å². The summed E-state index contributed by atoms with van der Waals surface area (Å²) in [5.74, 6) is 0.103. The first-order chi connectivity index (χ1) is 17.0. The summed E-state index contributed by atoms with van der Waals surface area (Å²) in [7, 11) is 2.17. The normalized spacial score (nSPS) is 16.4. The van der Waals surface area contributed by atoms with Crippen LogP contribution in [0.3, 0.4) is 0 Å². The summed E-state index contributed by atoms with van der Waals surface area (Å²) < 4.78 is 0. The second-order valence-corrected chi connectivity index (χ2v) is 9.89. The lowest BCUT2D eigenvalue weighted by molar-refractivity contribution is -0.117. The van der Waals surface area contributed by atoms with Gasteiger partial charge in [0.15, 0.2) is 0 Å². The van der Waals surface area contributed by atoms with E-state index in [2.05, 4.69) is 29.0 Å². The molecule has 3 aromatic carbocycles. The summed E-state index contributed by atoms with van der Waals surface area (Å²) in [5.41, 5.74) is 6.71. The standard InChI is InChI=1S/C29H29ClN4O/c1-32-12-14-33(15-13-32)11-10-23-16-25-17-29(35)34(28(25)18-27(23)30)20-21-6-8-22(9-7-21)26-5-3-2-4-24(26)19-31/h2-9,16,18H,10-15,17,20H2,1H3. The molecule has 6 heteroatoms. The van der Waals surface area contributed by atoms with Crippen LogP contribution < -0.4 is 4.90 Å². The number of hydrogen-bond acceptors (Lipinski definition) is 4. The van der Waals surface area contributed by atoms with Gasteiger partial charge in [-0.15, -0.1) is 0 Å². The number of amides is 1. The predicted molar refractivity (Wildman–Crippen MR) is 141 cm³/mol. The highest BCUT2D eigenvalue weighted by atomic mass is 35.5. The van der Waals surface area contributed by atoms with E-state index in [0.29, 0.717) is 18.5 Å². The highest BCUT2D eigenvalue weighted by molar-refractivity contribution is 6.32. The van der Waals surface area contributed by atoms with Crippen LogP contribution in [-0.4, -0.2) is 55.5 Å². The largest absolute Gasteiger partial charge is 0.307 e. The minimum Gasteiger partial charge on any atom is -0.307 e. The molecule has 0 spiro atoms. The Balaban J connectivity index is 1.29. The van der Waals surface area contributed by atoms with Crippen molar-refractivity contribution in [3.8, 4) is 17.2 Å². The Morgan fingerprint density at radius 2 is 1.74 bits per heavy atom. The van der Waals surface area contributed by atoms with Crippen LogP contribution in [0.4, 0.5) is 5.69 Å². The number of nitrogens with zero attached hydrogens (tertiary/aromatic N) is 4. The molecule has 5 rings (SSSR count). The van der Waals surface area contributed by atoms with E-state index in [0.717, 1.165) is 77.7 Å². The van der Waals surface area contributed by atoms with Crippen LogP contribution in [0.2, 0.25) is 5.02 Å². The van der Waals surface area contributed by atoms with Gasteiger partial charge < -0.3 is 14.7 Å². The van der Waals surface area contributed by atoms with Crippen molar-refractivity contribution in [2.75, 3.05) is 44.7 Å². The zero-order chi connectivity index (χ0) is 24.4. The van der Waals surface area contributed by atoms with E-state index < -0.39 is 0 Å². The van der Waals surface area contributed by atoms with Gasteiger partial charge in [0, 0.05) is 43.4 Å². The first-order valence-electron chi connectivity index (χ1n) is 12.1. The molecule has 1 saturated heterocycles. The average molecular weight is 485 g/mol. The van der Waals surface area contributed by atoms with E-state index in [1.165, 1.54) is 0 Å². The molecule has 0 N–H and O–H groups in total. The number of likely N-dealkylation sites (N-methyl/N-ethyl adjacent to an activating group) is 1. The van der Waals surface area contributed by atoms with E-state index in [4.69, 9.17) is 11.6 Å². The van der Waals surface area contributed by atoms with Gasteiger partial charge in [0.1, 0.15) is 0 Å². The van der Waals surface area contributed by atoms with Crippen molar-refractivity contribution >= 4 is 23.2 Å². The summed E-state index contributed by atoms with van der Waals surface area (Å²) in [4.78, 5) is 19.6. The fourth-order valence-corrected chi connectivity index (χ4v) is 5.22. The molecule has 0 saturated carbocycles. The third-order valence-electron chi connectivity index (χ3n) is 7.13. The molecule has 0 atom stereocenters. The Hall–Kier alpha value is -3.17. The molecule has 0 unspecified atom stereocenters. The molecule has 178 valence electrons. The summed E-state index contributed by atoms with van der Waals surface area (Å²) in [6, 6.07) is 22.0. The number of halogens is 1. The van der Waals surface area contributed by atoms with Crippen molar-refractivity contribution in [1.29, 1.82) is 5.26 Å². The van der Waals surface area contributed by atoms with Gasteiger partial charge in [-0.1, -0.05) is 60.1 Å². The minimum absolute atomic E-state index is 0.103. The fourth-order valence-electron chi connectivity index (χ4n) is 4.96. The van der Waals surface area contributed by atoms with Crippen LogP contribution >= 0.6 is 11.6 Å². The fraction of sp³-hybridized carbons (Fsp3) is 0.310. The van der Waals surface area contributed by atoms with Gasteiger partial charge in [-0.25, -0.2) is 0 Å². The van der Waals surface area contributed by atoms with Gasteiger partial charge in [-0.3, -0.25) is 4.79 Å². The molecule has 5 nitrogen and oxygen atoms in total. The second kappa shape index (κ2) is 10.2. The molecule has 2 aliphatic heterocycles. The lowest BCUT2D eigenvalue weighted by Crippen LogP contribution is -2.45. The number of anilines is 1. The first kappa shape index (κ1) is 23.6. The number of hydrogen-bond donors (Lipinski definition) is 0. The summed E-state index contributed by atoms with van der Waals surface area (Å²) >= 11 is 6.69. The summed E-state index contributed by atoms with van der Waals surface area (Å²) in [5, 5.41) is 10.1. The minimum atomic E-state index is 0.103. The molecule has 35 heavy (non-hydrogen) atoms. The Bertz CT molecular complexity index is 1270. The van der Waals surface area contributed by atoms with Crippen LogP contribution in [0.1, 0.15) is 22.3 Å². The molecule has 0 radical (unpaired) electrons. The molecule has 1 amide bonds. The zero-order valence-electron chi connectivity index (χ0n) is 20.0. The van der Waals surface area contributed by atoms with E-state index in [1.54, 1.807) is 0 Å². The van der Waals surface area contributed by atoms with Crippen LogP contribution in [0.5, 0.6) is 0 Å².